The van der Waals surface area contributed by atoms with Gasteiger partial charge in [0.05, 0.1) is 16.3 Å². The highest BCUT2D eigenvalue weighted by Gasteiger charge is 2.08. The lowest BCUT2D eigenvalue weighted by Crippen LogP contribution is -2.09. The molecule has 2 aromatic rings. The quantitative estimate of drug-likeness (QED) is 0.648. The Morgan fingerprint density at radius 1 is 1.19 bits per heavy atom. The van der Waals surface area contributed by atoms with E-state index in [1.54, 1.807) is 6.07 Å². The first-order valence-electron chi connectivity index (χ1n) is 6.83. The van der Waals surface area contributed by atoms with Crippen LogP contribution in [0.5, 0.6) is 0 Å². The number of nitrogens with zero attached hydrogens (tertiary/aromatic N) is 4. The van der Waals surface area contributed by atoms with E-state index in [1.165, 1.54) is 12.1 Å². The first-order valence-corrected chi connectivity index (χ1v) is 6.83. The highest BCUT2D eigenvalue weighted by molar-refractivity contribution is 5.36. The summed E-state index contributed by atoms with van der Waals surface area (Å²) in [4.78, 5) is 14.7. The lowest BCUT2D eigenvalue weighted by Gasteiger charge is -2.07. The molecule has 110 valence electrons. The zero-order chi connectivity index (χ0) is 15.2. The lowest BCUT2D eigenvalue weighted by molar-refractivity contribution is -0.384. The average molecular weight is 287 g/mol. The minimum Gasteiger partial charge on any atom is -0.349 e. The predicted molar refractivity (Wildman–Crippen MR) is 79.0 cm³/mol. The Bertz CT molecular complexity index is 645. The smallest absolute Gasteiger partial charge is 0.269 e. The van der Waals surface area contributed by atoms with E-state index < -0.39 is 4.92 Å². The third-order valence-electron chi connectivity index (χ3n) is 3.08. The van der Waals surface area contributed by atoms with Gasteiger partial charge in [-0.05, 0) is 18.4 Å². The number of rotatable bonds is 6. The molecule has 1 heterocycles. The van der Waals surface area contributed by atoms with Gasteiger partial charge in [-0.15, -0.1) is 5.10 Å². The van der Waals surface area contributed by atoms with E-state index in [0.29, 0.717) is 12.5 Å². The Labute approximate surface area is 122 Å². The van der Waals surface area contributed by atoms with Crippen LogP contribution in [0.25, 0.3) is 0 Å². The van der Waals surface area contributed by atoms with Crippen LogP contribution in [0, 0.1) is 10.1 Å². The molecule has 0 aliphatic rings. The summed E-state index contributed by atoms with van der Waals surface area (Å²) in [6.07, 6.45) is 1.60. The van der Waals surface area contributed by atoms with Crippen molar-refractivity contribution in [1.82, 2.24) is 15.2 Å². The van der Waals surface area contributed by atoms with Gasteiger partial charge >= 0.3 is 0 Å². The van der Waals surface area contributed by atoms with Crippen molar-refractivity contribution >= 4 is 11.6 Å². The first kappa shape index (κ1) is 14.8. The Kier molecular flexibility index (Phi) is 4.76. The van der Waals surface area contributed by atoms with E-state index in [0.717, 1.165) is 29.8 Å². The second-order valence-corrected chi connectivity index (χ2v) is 4.52. The molecule has 2 rings (SSSR count). The van der Waals surface area contributed by atoms with Crippen LogP contribution in [0.15, 0.2) is 24.3 Å². The average Bonchev–Trinajstić information content (AvgIpc) is 2.52. The number of aromatic nitrogens is 3. The summed E-state index contributed by atoms with van der Waals surface area (Å²) in [6, 6.07) is 6.47. The molecule has 0 fully saturated rings. The van der Waals surface area contributed by atoms with E-state index in [9.17, 15) is 10.1 Å². The van der Waals surface area contributed by atoms with Crippen molar-refractivity contribution in [2.75, 3.05) is 5.32 Å². The van der Waals surface area contributed by atoms with Gasteiger partial charge in [0.1, 0.15) is 0 Å². The summed E-state index contributed by atoms with van der Waals surface area (Å²) in [5, 5.41) is 21.9. The largest absolute Gasteiger partial charge is 0.349 e. The van der Waals surface area contributed by atoms with Gasteiger partial charge < -0.3 is 5.32 Å². The number of nitrogens with one attached hydrogen (secondary N) is 1. The Morgan fingerprint density at radius 3 is 2.62 bits per heavy atom. The molecule has 0 aliphatic carbocycles. The summed E-state index contributed by atoms with van der Waals surface area (Å²) in [7, 11) is 0. The predicted octanol–water partition coefficient (Wildman–Crippen LogP) is 2.52. The van der Waals surface area contributed by atoms with Crippen molar-refractivity contribution in [3.8, 4) is 0 Å². The summed E-state index contributed by atoms with van der Waals surface area (Å²) in [5.41, 5.74) is 2.70. The number of nitro benzene ring substituents is 1. The van der Waals surface area contributed by atoms with Crippen LogP contribution in [0.2, 0.25) is 0 Å². The maximum atomic E-state index is 10.7. The molecule has 7 nitrogen and oxygen atoms in total. The fraction of sp³-hybridized carbons (Fsp3) is 0.357. The van der Waals surface area contributed by atoms with Gasteiger partial charge in [-0.1, -0.05) is 26.0 Å². The summed E-state index contributed by atoms with van der Waals surface area (Å²) in [5.74, 6) is 0.440. The van der Waals surface area contributed by atoms with Gasteiger partial charge in [0, 0.05) is 18.7 Å². The monoisotopic (exact) mass is 287 g/mol. The minimum atomic E-state index is -0.410. The van der Waals surface area contributed by atoms with Crippen LogP contribution in [-0.4, -0.2) is 20.1 Å². The highest BCUT2D eigenvalue weighted by Crippen LogP contribution is 2.14. The number of aryl methyl sites for hydroxylation is 2. The number of hydrogen-bond acceptors (Lipinski definition) is 6. The standard InChI is InChI=1S/C14H17N5O2/c1-3-12-13(4-2)17-18-14(16-12)15-9-10-6-5-7-11(8-10)19(20)21/h5-8H,3-4,9H2,1-2H3,(H,15,16,18). The molecule has 0 saturated carbocycles. The molecular weight excluding hydrogens is 270 g/mol. The summed E-state index contributed by atoms with van der Waals surface area (Å²) >= 11 is 0. The molecule has 1 aromatic carbocycles. The van der Waals surface area contributed by atoms with Crippen molar-refractivity contribution < 1.29 is 4.92 Å². The van der Waals surface area contributed by atoms with Crippen molar-refractivity contribution in [2.45, 2.75) is 33.2 Å². The number of non-ortho nitro benzene ring substituents is 1. The zero-order valence-electron chi connectivity index (χ0n) is 12.0. The third-order valence-corrected chi connectivity index (χ3v) is 3.08. The van der Waals surface area contributed by atoms with Gasteiger partial charge in [0.15, 0.2) is 0 Å². The SMILES string of the molecule is CCc1nnc(NCc2cccc([N+](=O)[O-])c2)nc1CC. The van der Waals surface area contributed by atoms with Crippen LogP contribution >= 0.6 is 0 Å². The van der Waals surface area contributed by atoms with Crippen molar-refractivity contribution in [2.24, 2.45) is 0 Å². The Hall–Kier alpha value is -2.57. The molecule has 1 aromatic heterocycles. The van der Waals surface area contributed by atoms with Gasteiger partial charge in [-0.3, -0.25) is 10.1 Å². The molecule has 0 bridgehead atoms. The molecule has 0 radical (unpaired) electrons. The molecule has 1 N–H and O–H groups in total. The van der Waals surface area contributed by atoms with E-state index in [1.807, 2.05) is 19.9 Å². The van der Waals surface area contributed by atoms with Crippen LogP contribution in [0.1, 0.15) is 30.8 Å². The van der Waals surface area contributed by atoms with E-state index in [-0.39, 0.29) is 5.69 Å². The fourth-order valence-electron chi connectivity index (χ4n) is 1.97. The first-order chi connectivity index (χ1) is 10.1. The highest BCUT2D eigenvalue weighted by atomic mass is 16.6. The van der Waals surface area contributed by atoms with Crippen LogP contribution in [0.3, 0.4) is 0 Å². The summed E-state index contributed by atoms with van der Waals surface area (Å²) < 4.78 is 0. The topological polar surface area (TPSA) is 93.8 Å². The van der Waals surface area contributed by atoms with Crippen LogP contribution in [-0.2, 0) is 19.4 Å². The molecule has 0 atom stereocenters. The second-order valence-electron chi connectivity index (χ2n) is 4.52. The number of hydrogen-bond donors (Lipinski definition) is 1. The summed E-state index contributed by atoms with van der Waals surface area (Å²) in [6.45, 7) is 4.45. The van der Waals surface area contributed by atoms with Crippen molar-refractivity contribution in [1.29, 1.82) is 0 Å². The normalized spacial score (nSPS) is 10.4. The van der Waals surface area contributed by atoms with Crippen molar-refractivity contribution in [3.63, 3.8) is 0 Å². The second kappa shape index (κ2) is 6.74. The number of nitro groups is 1. The van der Waals surface area contributed by atoms with Crippen molar-refractivity contribution in [3.05, 3.63) is 51.3 Å². The molecule has 0 aliphatic heterocycles. The lowest BCUT2D eigenvalue weighted by atomic mass is 10.2. The molecule has 0 unspecified atom stereocenters. The van der Waals surface area contributed by atoms with E-state index >= 15 is 0 Å². The third kappa shape index (κ3) is 3.71. The molecular formula is C14H17N5O2. The van der Waals surface area contributed by atoms with Gasteiger partial charge in [-0.2, -0.15) is 5.10 Å². The Morgan fingerprint density at radius 2 is 1.95 bits per heavy atom. The van der Waals surface area contributed by atoms with Gasteiger partial charge in [0.2, 0.25) is 5.95 Å². The van der Waals surface area contributed by atoms with Crippen LogP contribution < -0.4 is 5.32 Å². The van der Waals surface area contributed by atoms with Gasteiger partial charge in [-0.25, -0.2) is 4.98 Å². The number of benzene rings is 1. The maximum absolute atomic E-state index is 10.7. The Balaban J connectivity index is 2.09. The molecule has 0 amide bonds. The maximum Gasteiger partial charge on any atom is 0.269 e. The molecule has 7 heteroatoms. The van der Waals surface area contributed by atoms with E-state index in [4.69, 9.17) is 0 Å². The van der Waals surface area contributed by atoms with Gasteiger partial charge in [0.25, 0.3) is 5.69 Å². The molecule has 0 saturated heterocycles. The minimum absolute atomic E-state index is 0.0731. The molecule has 0 spiro atoms. The van der Waals surface area contributed by atoms with Crippen LogP contribution in [0.4, 0.5) is 11.6 Å². The number of anilines is 1. The zero-order valence-corrected chi connectivity index (χ0v) is 12.0. The fourth-order valence-corrected chi connectivity index (χ4v) is 1.97. The van der Waals surface area contributed by atoms with E-state index in [2.05, 4.69) is 20.5 Å². The molecule has 21 heavy (non-hydrogen) atoms.